The molecule has 1 heterocycles. The number of anilines is 1. The summed E-state index contributed by atoms with van der Waals surface area (Å²) >= 11 is 0. The third-order valence-electron chi connectivity index (χ3n) is 2.27. The molecule has 0 saturated carbocycles. The van der Waals surface area contributed by atoms with Gasteiger partial charge in [-0.25, -0.2) is 0 Å². The predicted octanol–water partition coefficient (Wildman–Crippen LogP) is 1.68. The summed E-state index contributed by atoms with van der Waals surface area (Å²) in [6.07, 6.45) is 3.69. The number of hydrogen-bond acceptors (Lipinski definition) is 3. The molecule has 2 aromatic rings. The molecule has 0 spiro atoms. The fraction of sp³-hybridized carbons (Fsp3) is 0.250. The molecule has 0 aliphatic rings. The molecular weight excluding hydrogens is 202 g/mol. The van der Waals surface area contributed by atoms with Gasteiger partial charge >= 0.3 is 0 Å². The van der Waals surface area contributed by atoms with E-state index in [-0.39, 0.29) is 0 Å². The zero-order valence-corrected chi connectivity index (χ0v) is 9.04. The van der Waals surface area contributed by atoms with Gasteiger partial charge in [-0.05, 0) is 23.8 Å². The van der Waals surface area contributed by atoms with Gasteiger partial charge in [-0.2, -0.15) is 5.10 Å². The average Bonchev–Trinajstić information content (AvgIpc) is 2.80. The summed E-state index contributed by atoms with van der Waals surface area (Å²) < 4.78 is 7.38. The average molecular weight is 217 g/mol. The maximum atomic E-state index is 5.59. The fourth-order valence-corrected chi connectivity index (χ4v) is 1.39. The second-order valence-electron chi connectivity index (χ2n) is 3.56. The topological polar surface area (TPSA) is 53.1 Å². The van der Waals surface area contributed by atoms with E-state index in [9.17, 15) is 0 Å². The molecule has 2 rings (SSSR count). The van der Waals surface area contributed by atoms with Crippen LogP contribution in [-0.4, -0.2) is 16.4 Å². The van der Waals surface area contributed by atoms with Gasteiger partial charge in [-0.15, -0.1) is 0 Å². The fourth-order valence-electron chi connectivity index (χ4n) is 1.39. The molecule has 1 aromatic carbocycles. The number of aromatic nitrogens is 2. The van der Waals surface area contributed by atoms with Crippen LogP contribution in [0, 0.1) is 0 Å². The summed E-state index contributed by atoms with van der Waals surface area (Å²) in [4.78, 5) is 0. The van der Waals surface area contributed by atoms with E-state index < -0.39 is 0 Å². The number of nitrogens with two attached hydrogens (primary N) is 1. The number of hydrogen-bond donors (Lipinski definition) is 1. The Morgan fingerprint density at radius 2 is 2.06 bits per heavy atom. The van der Waals surface area contributed by atoms with Crippen molar-refractivity contribution in [2.45, 2.75) is 13.2 Å². The monoisotopic (exact) mass is 217 g/mol. The first-order valence-corrected chi connectivity index (χ1v) is 5.24. The van der Waals surface area contributed by atoms with Crippen molar-refractivity contribution >= 4 is 5.69 Å². The van der Waals surface area contributed by atoms with Gasteiger partial charge < -0.3 is 10.5 Å². The van der Waals surface area contributed by atoms with Crippen molar-refractivity contribution in [3.63, 3.8) is 0 Å². The largest absolute Gasteiger partial charge is 0.399 e. The van der Waals surface area contributed by atoms with Crippen molar-refractivity contribution in [1.82, 2.24) is 9.78 Å². The van der Waals surface area contributed by atoms with E-state index in [0.717, 1.165) is 17.8 Å². The van der Waals surface area contributed by atoms with E-state index in [0.29, 0.717) is 13.2 Å². The van der Waals surface area contributed by atoms with Gasteiger partial charge in [0.15, 0.2) is 0 Å². The second kappa shape index (κ2) is 5.32. The van der Waals surface area contributed by atoms with Gasteiger partial charge in [0.1, 0.15) is 0 Å². The first kappa shape index (κ1) is 10.7. The zero-order valence-electron chi connectivity index (χ0n) is 9.04. The lowest BCUT2D eigenvalue weighted by Crippen LogP contribution is -2.06. The molecule has 0 radical (unpaired) electrons. The summed E-state index contributed by atoms with van der Waals surface area (Å²) in [5.41, 5.74) is 7.51. The molecule has 0 atom stereocenters. The van der Waals surface area contributed by atoms with E-state index in [4.69, 9.17) is 10.5 Å². The van der Waals surface area contributed by atoms with E-state index in [1.54, 1.807) is 6.20 Å². The molecule has 4 heteroatoms. The summed E-state index contributed by atoms with van der Waals surface area (Å²) in [7, 11) is 0. The number of rotatable bonds is 5. The molecule has 2 N–H and O–H groups in total. The van der Waals surface area contributed by atoms with Crippen LogP contribution in [0.3, 0.4) is 0 Å². The first-order valence-electron chi connectivity index (χ1n) is 5.24. The third-order valence-corrected chi connectivity index (χ3v) is 2.27. The highest BCUT2D eigenvalue weighted by molar-refractivity contribution is 5.39. The Hall–Kier alpha value is -1.81. The third kappa shape index (κ3) is 3.10. The smallest absolute Gasteiger partial charge is 0.0717 e. The minimum Gasteiger partial charge on any atom is -0.399 e. The second-order valence-corrected chi connectivity index (χ2v) is 3.56. The van der Waals surface area contributed by atoms with E-state index >= 15 is 0 Å². The molecule has 84 valence electrons. The van der Waals surface area contributed by atoms with Gasteiger partial charge in [-0.1, -0.05) is 12.1 Å². The van der Waals surface area contributed by atoms with Crippen molar-refractivity contribution in [1.29, 1.82) is 0 Å². The Balaban J connectivity index is 1.70. The van der Waals surface area contributed by atoms with Gasteiger partial charge in [0.25, 0.3) is 0 Å². The number of nitrogen functional groups attached to an aromatic ring is 1. The van der Waals surface area contributed by atoms with Crippen LogP contribution in [0.2, 0.25) is 0 Å². The summed E-state index contributed by atoms with van der Waals surface area (Å²) in [6, 6.07) is 9.62. The van der Waals surface area contributed by atoms with Crippen LogP contribution in [0.5, 0.6) is 0 Å². The van der Waals surface area contributed by atoms with Crippen LogP contribution >= 0.6 is 0 Å². The number of benzene rings is 1. The lowest BCUT2D eigenvalue weighted by atomic mass is 10.2. The molecule has 0 aliphatic carbocycles. The van der Waals surface area contributed by atoms with E-state index in [2.05, 4.69) is 5.10 Å². The molecular formula is C12H15N3O. The van der Waals surface area contributed by atoms with Crippen molar-refractivity contribution < 1.29 is 4.74 Å². The molecule has 0 amide bonds. The summed E-state index contributed by atoms with van der Waals surface area (Å²) in [5.74, 6) is 0. The Bertz CT molecular complexity index is 408. The van der Waals surface area contributed by atoms with Gasteiger partial charge in [-0.3, -0.25) is 4.68 Å². The SMILES string of the molecule is Nc1ccc(COCCn2cccn2)cc1. The van der Waals surface area contributed by atoms with Crippen molar-refractivity contribution in [3.8, 4) is 0 Å². The van der Waals surface area contributed by atoms with Gasteiger partial charge in [0.05, 0.1) is 19.8 Å². The minimum atomic E-state index is 0.613. The molecule has 1 aromatic heterocycles. The highest BCUT2D eigenvalue weighted by atomic mass is 16.5. The van der Waals surface area contributed by atoms with E-state index in [1.165, 1.54) is 0 Å². The van der Waals surface area contributed by atoms with Crippen LogP contribution in [0.4, 0.5) is 5.69 Å². The van der Waals surface area contributed by atoms with Gasteiger partial charge in [0, 0.05) is 18.1 Å². The van der Waals surface area contributed by atoms with Crippen molar-refractivity contribution in [3.05, 3.63) is 48.3 Å². The maximum absolute atomic E-state index is 5.59. The minimum absolute atomic E-state index is 0.613. The molecule has 0 unspecified atom stereocenters. The van der Waals surface area contributed by atoms with Crippen molar-refractivity contribution in [2.24, 2.45) is 0 Å². The highest BCUT2D eigenvalue weighted by Crippen LogP contribution is 2.06. The molecule has 0 bridgehead atoms. The number of nitrogens with zero attached hydrogens (tertiary/aromatic N) is 2. The van der Waals surface area contributed by atoms with Crippen LogP contribution in [-0.2, 0) is 17.9 Å². The Morgan fingerprint density at radius 3 is 2.75 bits per heavy atom. The maximum Gasteiger partial charge on any atom is 0.0717 e. The highest BCUT2D eigenvalue weighted by Gasteiger charge is 1.94. The predicted molar refractivity (Wildman–Crippen MR) is 62.7 cm³/mol. The van der Waals surface area contributed by atoms with Crippen molar-refractivity contribution in [2.75, 3.05) is 12.3 Å². The van der Waals surface area contributed by atoms with Crippen LogP contribution in [0.15, 0.2) is 42.7 Å². The van der Waals surface area contributed by atoms with Crippen LogP contribution < -0.4 is 5.73 Å². The Labute approximate surface area is 94.6 Å². The van der Waals surface area contributed by atoms with E-state index in [1.807, 2.05) is 41.2 Å². The quantitative estimate of drug-likeness (QED) is 0.612. The van der Waals surface area contributed by atoms with Crippen LogP contribution in [0.25, 0.3) is 0 Å². The Kier molecular flexibility index (Phi) is 3.56. The zero-order chi connectivity index (χ0) is 11.2. The molecule has 0 aliphatic heterocycles. The lowest BCUT2D eigenvalue weighted by Gasteiger charge is -2.05. The summed E-state index contributed by atoms with van der Waals surface area (Å²) in [5, 5.41) is 4.09. The molecule has 0 saturated heterocycles. The van der Waals surface area contributed by atoms with Gasteiger partial charge in [0.2, 0.25) is 0 Å². The molecule has 0 fully saturated rings. The van der Waals surface area contributed by atoms with Crippen LogP contribution in [0.1, 0.15) is 5.56 Å². The number of ether oxygens (including phenoxy) is 1. The standard InChI is InChI=1S/C12H15N3O/c13-12-4-2-11(3-5-12)10-16-9-8-15-7-1-6-14-15/h1-7H,8-10,13H2. The Morgan fingerprint density at radius 1 is 1.25 bits per heavy atom. The molecule has 4 nitrogen and oxygen atoms in total. The lowest BCUT2D eigenvalue weighted by molar-refractivity contribution is 0.111. The normalized spacial score (nSPS) is 10.5. The first-order chi connectivity index (χ1) is 7.84. The summed E-state index contributed by atoms with van der Waals surface area (Å²) in [6.45, 7) is 2.05. The molecule has 16 heavy (non-hydrogen) atoms.